The van der Waals surface area contributed by atoms with Crippen molar-refractivity contribution in [3.8, 4) is 5.75 Å². The highest BCUT2D eigenvalue weighted by Gasteiger charge is 2.62. The third-order valence-corrected chi connectivity index (χ3v) is 8.29. The first-order valence-electron chi connectivity index (χ1n) is 13.0. The second-order valence-electron chi connectivity index (χ2n) is 10.2. The van der Waals surface area contributed by atoms with Crippen LogP contribution in [0.2, 0.25) is 0 Å². The molecule has 5 nitrogen and oxygen atoms in total. The van der Waals surface area contributed by atoms with E-state index < -0.39 is 17.9 Å². The van der Waals surface area contributed by atoms with Crippen molar-refractivity contribution in [2.75, 3.05) is 4.90 Å². The van der Waals surface area contributed by atoms with Gasteiger partial charge in [-0.15, -0.1) is 0 Å². The summed E-state index contributed by atoms with van der Waals surface area (Å²) in [6.07, 6.45) is -0.793. The van der Waals surface area contributed by atoms with Gasteiger partial charge in [-0.25, -0.2) is 4.90 Å². The Morgan fingerprint density at radius 1 is 0.658 bits per heavy atom. The standard InChI is InChI=1S/C33H25NO4/c1-19(31(35)20-11-3-2-4-12-20)38-26-18-10-9-17-25(26)34-32(36)29-27-21-13-5-6-14-22(21)28(30(29)33(34)37)24-16-8-7-15-23(24)27/h2-19,27-30H,1H3/t19-,27?,28?,29+,30+/m0/s1. The number of rotatable bonds is 5. The van der Waals surface area contributed by atoms with Crippen LogP contribution in [0.25, 0.3) is 0 Å². The average molecular weight is 500 g/mol. The van der Waals surface area contributed by atoms with Crippen molar-refractivity contribution in [1.82, 2.24) is 0 Å². The van der Waals surface area contributed by atoms with Crippen LogP contribution in [0.1, 0.15) is 51.4 Å². The molecule has 4 aromatic rings. The first kappa shape index (κ1) is 22.7. The Bertz CT molecular complexity index is 1490. The molecule has 4 aromatic carbocycles. The molecule has 0 spiro atoms. The Kier molecular flexibility index (Phi) is 5.08. The van der Waals surface area contributed by atoms with Crippen molar-refractivity contribution < 1.29 is 19.1 Å². The second kappa shape index (κ2) is 8.52. The van der Waals surface area contributed by atoms with E-state index in [4.69, 9.17) is 4.74 Å². The van der Waals surface area contributed by atoms with Crippen LogP contribution in [0.3, 0.4) is 0 Å². The maximum absolute atomic E-state index is 14.1. The number of para-hydroxylation sites is 2. The minimum absolute atomic E-state index is 0.169. The number of imide groups is 1. The quantitative estimate of drug-likeness (QED) is 0.260. The van der Waals surface area contributed by atoms with Crippen molar-refractivity contribution in [3.63, 3.8) is 0 Å². The Morgan fingerprint density at radius 2 is 1.11 bits per heavy atom. The molecular weight excluding hydrogens is 474 g/mol. The zero-order valence-corrected chi connectivity index (χ0v) is 20.8. The predicted octanol–water partition coefficient (Wildman–Crippen LogP) is 5.73. The molecule has 1 fully saturated rings. The largest absolute Gasteiger partial charge is 0.480 e. The van der Waals surface area contributed by atoms with Crippen LogP contribution in [0, 0.1) is 11.8 Å². The Balaban J connectivity index is 1.28. The number of carbonyl (C=O) groups is 3. The number of amides is 2. The first-order valence-corrected chi connectivity index (χ1v) is 13.0. The highest BCUT2D eigenvalue weighted by molar-refractivity contribution is 6.24. The van der Waals surface area contributed by atoms with Gasteiger partial charge in [-0.05, 0) is 41.3 Å². The molecule has 0 radical (unpaired) electrons. The van der Waals surface area contributed by atoms with E-state index in [1.807, 2.05) is 42.5 Å². The summed E-state index contributed by atoms with van der Waals surface area (Å²) in [5.74, 6) is -1.56. The Labute approximate surface area is 220 Å². The zero-order valence-electron chi connectivity index (χ0n) is 20.8. The van der Waals surface area contributed by atoms with E-state index in [1.54, 1.807) is 43.3 Å². The fraction of sp³-hybridized carbons (Fsp3) is 0.182. The van der Waals surface area contributed by atoms with Crippen LogP contribution >= 0.6 is 0 Å². The van der Waals surface area contributed by atoms with E-state index in [0.29, 0.717) is 17.0 Å². The minimum atomic E-state index is -0.793. The lowest BCUT2D eigenvalue weighted by Gasteiger charge is -2.45. The van der Waals surface area contributed by atoms with Crippen molar-refractivity contribution in [2.24, 2.45) is 11.8 Å². The monoisotopic (exact) mass is 499 g/mol. The van der Waals surface area contributed by atoms with Crippen LogP contribution in [0.15, 0.2) is 103 Å². The van der Waals surface area contributed by atoms with Crippen molar-refractivity contribution in [3.05, 3.63) is 131 Å². The van der Waals surface area contributed by atoms with Gasteiger partial charge in [0.05, 0.1) is 17.5 Å². The average Bonchev–Trinajstić information content (AvgIpc) is 3.23. The number of ether oxygens (including phenoxy) is 1. The van der Waals surface area contributed by atoms with Crippen molar-refractivity contribution in [2.45, 2.75) is 24.9 Å². The van der Waals surface area contributed by atoms with E-state index in [2.05, 4.69) is 24.3 Å². The topological polar surface area (TPSA) is 63.7 Å². The lowest BCUT2D eigenvalue weighted by atomic mass is 9.55. The van der Waals surface area contributed by atoms with Gasteiger partial charge in [0.15, 0.2) is 6.10 Å². The number of nitrogens with zero attached hydrogens (tertiary/aromatic N) is 1. The second-order valence-corrected chi connectivity index (χ2v) is 10.2. The molecule has 1 saturated heterocycles. The summed E-state index contributed by atoms with van der Waals surface area (Å²) < 4.78 is 6.12. The van der Waals surface area contributed by atoms with Gasteiger partial charge in [0.1, 0.15) is 5.75 Å². The molecule has 2 bridgehead atoms. The molecule has 0 unspecified atom stereocenters. The maximum atomic E-state index is 14.1. The molecule has 4 aliphatic rings. The molecule has 0 aromatic heterocycles. The van der Waals surface area contributed by atoms with Crippen LogP contribution in [-0.2, 0) is 9.59 Å². The molecule has 1 heterocycles. The molecular formula is C33H25NO4. The van der Waals surface area contributed by atoms with E-state index in [1.165, 1.54) is 4.90 Å². The van der Waals surface area contributed by atoms with Gasteiger partial charge < -0.3 is 4.74 Å². The minimum Gasteiger partial charge on any atom is -0.480 e. The van der Waals surface area contributed by atoms with Crippen molar-refractivity contribution >= 4 is 23.3 Å². The van der Waals surface area contributed by atoms with E-state index in [-0.39, 0.29) is 29.4 Å². The highest BCUT2D eigenvalue weighted by atomic mass is 16.5. The number of benzene rings is 4. The third kappa shape index (κ3) is 3.14. The van der Waals surface area contributed by atoms with Gasteiger partial charge in [-0.1, -0.05) is 91.0 Å². The van der Waals surface area contributed by atoms with E-state index in [9.17, 15) is 14.4 Å². The summed E-state index contributed by atoms with van der Waals surface area (Å²) >= 11 is 0. The summed E-state index contributed by atoms with van der Waals surface area (Å²) in [4.78, 5) is 42.6. The normalized spacial score (nSPS) is 23.4. The molecule has 8 rings (SSSR count). The fourth-order valence-corrected chi connectivity index (χ4v) is 6.74. The van der Waals surface area contributed by atoms with Gasteiger partial charge in [0.25, 0.3) is 0 Å². The van der Waals surface area contributed by atoms with Gasteiger partial charge in [0, 0.05) is 17.4 Å². The zero-order chi connectivity index (χ0) is 26.0. The molecule has 5 heteroatoms. The van der Waals surface area contributed by atoms with E-state index in [0.717, 1.165) is 22.3 Å². The number of ketones is 1. The van der Waals surface area contributed by atoms with E-state index >= 15 is 0 Å². The lowest BCUT2D eigenvalue weighted by Crippen LogP contribution is -2.41. The third-order valence-electron chi connectivity index (χ3n) is 8.29. The summed E-state index contributed by atoms with van der Waals surface area (Å²) in [6, 6.07) is 32.3. The molecule has 3 atom stereocenters. The van der Waals surface area contributed by atoms with Crippen LogP contribution in [0.5, 0.6) is 5.75 Å². The SMILES string of the molecule is C[C@H](Oc1ccccc1N1C(=O)[C@@H]2C3c4ccccc4C(c4ccccc43)[C@H]2C1=O)C(=O)c1ccccc1. The molecule has 0 saturated carbocycles. The van der Waals surface area contributed by atoms with Gasteiger partial charge >= 0.3 is 0 Å². The Hall–Kier alpha value is -4.51. The number of anilines is 1. The smallest absolute Gasteiger partial charge is 0.238 e. The maximum Gasteiger partial charge on any atom is 0.238 e. The molecule has 2 amide bonds. The molecule has 38 heavy (non-hydrogen) atoms. The fourth-order valence-electron chi connectivity index (χ4n) is 6.74. The van der Waals surface area contributed by atoms with Crippen LogP contribution in [0.4, 0.5) is 5.69 Å². The number of hydrogen-bond acceptors (Lipinski definition) is 4. The summed E-state index contributed by atoms with van der Waals surface area (Å²) in [5.41, 5.74) is 5.46. The lowest BCUT2D eigenvalue weighted by molar-refractivity contribution is -0.122. The molecule has 0 N–H and O–H groups in total. The summed E-state index contributed by atoms with van der Waals surface area (Å²) in [5, 5.41) is 0. The molecule has 186 valence electrons. The number of hydrogen-bond donors (Lipinski definition) is 0. The highest BCUT2D eigenvalue weighted by Crippen LogP contribution is 2.61. The van der Waals surface area contributed by atoms with Crippen LogP contribution < -0.4 is 9.64 Å². The van der Waals surface area contributed by atoms with Gasteiger partial charge in [-0.3, -0.25) is 14.4 Å². The van der Waals surface area contributed by atoms with Crippen LogP contribution in [-0.4, -0.2) is 23.7 Å². The Morgan fingerprint density at radius 3 is 1.63 bits per heavy atom. The first-order chi connectivity index (χ1) is 18.6. The summed E-state index contributed by atoms with van der Waals surface area (Å²) in [6.45, 7) is 1.69. The number of Topliss-reactive ketones (excluding diaryl/α,β-unsaturated/α-hetero) is 1. The molecule has 3 aliphatic carbocycles. The molecule has 1 aliphatic heterocycles. The summed E-state index contributed by atoms with van der Waals surface area (Å²) in [7, 11) is 0. The van der Waals surface area contributed by atoms with Gasteiger partial charge in [0.2, 0.25) is 17.6 Å². The predicted molar refractivity (Wildman–Crippen MR) is 143 cm³/mol. The number of carbonyl (C=O) groups excluding carboxylic acids is 3. The van der Waals surface area contributed by atoms with Gasteiger partial charge in [-0.2, -0.15) is 0 Å². The van der Waals surface area contributed by atoms with Crippen molar-refractivity contribution in [1.29, 1.82) is 0 Å².